The molecule has 0 fully saturated rings. The Labute approximate surface area is 156 Å². The number of rotatable bonds is 9. The van der Waals surface area contributed by atoms with Crippen LogP contribution in [-0.4, -0.2) is 37.7 Å². The zero-order valence-corrected chi connectivity index (χ0v) is 14.5. The second-order valence-electron chi connectivity index (χ2n) is 5.47. The van der Waals surface area contributed by atoms with E-state index < -0.39 is 11.9 Å². The maximum Gasteiger partial charge on any atom is 0.338 e. The molecule has 6 nitrogen and oxygen atoms in total. The first-order valence-corrected chi connectivity index (χ1v) is 8.24. The highest BCUT2D eigenvalue weighted by atomic mass is 16.5. The van der Waals surface area contributed by atoms with Gasteiger partial charge in [0.05, 0.1) is 17.7 Å². The zero-order chi connectivity index (χ0) is 19.5. The molecule has 0 amide bonds. The summed E-state index contributed by atoms with van der Waals surface area (Å²) >= 11 is 0. The van der Waals surface area contributed by atoms with Crippen LogP contribution in [0.3, 0.4) is 0 Å². The molecule has 0 N–H and O–H groups in total. The quantitative estimate of drug-likeness (QED) is 0.293. The highest BCUT2D eigenvalue weighted by Gasteiger charge is 2.07. The first-order chi connectivity index (χ1) is 13.1. The molecule has 2 aromatic carbocycles. The fourth-order valence-corrected chi connectivity index (χ4v) is 2.09. The number of hydrogen-bond acceptors (Lipinski definition) is 6. The van der Waals surface area contributed by atoms with E-state index in [2.05, 4.69) is 0 Å². The summed E-state index contributed by atoms with van der Waals surface area (Å²) in [5.41, 5.74) is 1.71. The van der Waals surface area contributed by atoms with E-state index in [0.717, 1.165) is 0 Å². The summed E-state index contributed by atoms with van der Waals surface area (Å²) in [6.45, 7) is 0.279. The smallest absolute Gasteiger partial charge is 0.338 e. The molecule has 138 valence electrons. The lowest BCUT2D eigenvalue weighted by molar-refractivity contribution is 0.0511. The van der Waals surface area contributed by atoms with Crippen molar-refractivity contribution >= 4 is 24.5 Å². The lowest BCUT2D eigenvalue weighted by Crippen LogP contribution is -2.06. The van der Waals surface area contributed by atoms with E-state index in [1.807, 2.05) is 0 Å². The SMILES string of the molecule is O=Cc1ccc(C(=O)OCC=CCCOC(=O)c2ccc(C=O)cc2)cc1. The maximum absolute atomic E-state index is 11.8. The predicted molar refractivity (Wildman–Crippen MR) is 98.0 cm³/mol. The van der Waals surface area contributed by atoms with Crippen LogP contribution in [0.2, 0.25) is 0 Å². The standard InChI is InChI=1S/C21H18O6/c22-14-16-4-8-18(9-5-16)20(24)26-12-2-1-3-13-27-21(25)19-10-6-17(15-23)7-11-19/h1-2,4-11,14-15H,3,12-13H2. The van der Waals surface area contributed by atoms with Gasteiger partial charge in [-0.3, -0.25) is 9.59 Å². The molecule has 0 aliphatic carbocycles. The normalized spacial score (nSPS) is 10.4. The molecule has 27 heavy (non-hydrogen) atoms. The van der Waals surface area contributed by atoms with Gasteiger partial charge < -0.3 is 9.47 Å². The van der Waals surface area contributed by atoms with Gasteiger partial charge >= 0.3 is 11.9 Å². The van der Waals surface area contributed by atoms with Gasteiger partial charge in [-0.05, 0) is 30.7 Å². The van der Waals surface area contributed by atoms with Gasteiger partial charge in [0.2, 0.25) is 0 Å². The van der Waals surface area contributed by atoms with Crippen LogP contribution in [0, 0.1) is 0 Å². The van der Waals surface area contributed by atoms with E-state index in [1.54, 1.807) is 36.4 Å². The Hall–Kier alpha value is -3.54. The van der Waals surface area contributed by atoms with Crippen molar-refractivity contribution in [1.29, 1.82) is 0 Å². The third kappa shape index (κ3) is 6.36. The van der Waals surface area contributed by atoms with Gasteiger partial charge in [0.25, 0.3) is 0 Å². The van der Waals surface area contributed by atoms with Crippen molar-refractivity contribution in [2.45, 2.75) is 6.42 Å². The summed E-state index contributed by atoms with van der Waals surface area (Å²) in [6, 6.07) is 12.3. The Morgan fingerprint density at radius 2 is 1.19 bits per heavy atom. The molecule has 2 rings (SSSR count). The largest absolute Gasteiger partial charge is 0.462 e. The maximum atomic E-state index is 11.8. The number of benzene rings is 2. The zero-order valence-electron chi connectivity index (χ0n) is 14.5. The molecular weight excluding hydrogens is 348 g/mol. The van der Waals surface area contributed by atoms with E-state index in [1.165, 1.54) is 24.3 Å². The van der Waals surface area contributed by atoms with E-state index >= 15 is 0 Å². The van der Waals surface area contributed by atoms with Crippen molar-refractivity contribution < 1.29 is 28.7 Å². The molecular formula is C21H18O6. The van der Waals surface area contributed by atoms with Crippen LogP contribution in [-0.2, 0) is 9.47 Å². The van der Waals surface area contributed by atoms with Crippen molar-refractivity contribution in [3.05, 3.63) is 82.9 Å². The molecule has 0 bridgehead atoms. The number of carbonyl (C=O) groups excluding carboxylic acids is 4. The molecule has 0 radical (unpaired) electrons. The lowest BCUT2D eigenvalue weighted by atomic mass is 10.1. The van der Waals surface area contributed by atoms with Crippen LogP contribution in [0.4, 0.5) is 0 Å². The number of esters is 2. The third-order valence-electron chi connectivity index (χ3n) is 3.56. The van der Waals surface area contributed by atoms with Crippen LogP contribution >= 0.6 is 0 Å². The molecule has 0 atom stereocenters. The van der Waals surface area contributed by atoms with Gasteiger partial charge in [0.1, 0.15) is 19.2 Å². The Morgan fingerprint density at radius 1 is 0.704 bits per heavy atom. The highest BCUT2D eigenvalue weighted by molar-refractivity contribution is 5.91. The fourth-order valence-electron chi connectivity index (χ4n) is 2.09. The van der Waals surface area contributed by atoms with E-state index in [4.69, 9.17) is 9.47 Å². The van der Waals surface area contributed by atoms with Gasteiger partial charge in [-0.2, -0.15) is 0 Å². The van der Waals surface area contributed by atoms with Crippen LogP contribution in [0.15, 0.2) is 60.7 Å². The van der Waals surface area contributed by atoms with Crippen LogP contribution < -0.4 is 0 Å². The molecule has 0 aliphatic rings. The average molecular weight is 366 g/mol. The minimum atomic E-state index is -0.484. The van der Waals surface area contributed by atoms with E-state index in [0.29, 0.717) is 41.2 Å². The Bertz CT molecular complexity index is 819. The van der Waals surface area contributed by atoms with Gasteiger partial charge in [0.15, 0.2) is 0 Å². The van der Waals surface area contributed by atoms with Crippen molar-refractivity contribution in [2.75, 3.05) is 13.2 Å². The summed E-state index contributed by atoms with van der Waals surface area (Å²) in [6.07, 6.45) is 5.28. The number of hydrogen-bond donors (Lipinski definition) is 0. The van der Waals surface area contributed by atoms with Crippen LogP contribution in [0.5, 0.6) is 0 Å². The second kappa shape index (κ2) is 10.5. The van der Waals surface area contributed by atoms with Crippen LogP contribution in [0.25, 0.3) is 0 Å². The molecule has 0 saturated heterocycles. The number of carbonyl (C=O) groups is 4. The molecule has 0 aliphatic heterocycles. The summed E-state index contributed by atoms with van der Waals surface area (Å²) in [7, 11) is 0. The van der Waals surface area contributed by atoms with E-state index in [-0.39, 0.29) is 13.2 Å². The summed E-state index contributed by atoms with van der Waals surface area (Å²) in [5.74, 6) is -0.951. The second-order valence-corrected chi connectivity index (χ2v) is 5.47. The minimum Gasteiger partial charge on any atom is -0.462 e. The summed E-state index contributed by atoms with van der Waals surface area (Å²) in [4.78, 5) is 44.7. The first kappa shape index (κ1) is 19.8. The molecule has 0 heterocycles. The lowest BCUT2D eigenvalue weighted by Gasteiger charge is -2.03. The number of ether oxygens (including phenoxy) is 2. The summed E-state index contributed by atoms with van der Waals surface area (Å²) in [5, 5.41) is 0. The van der Waals surface area contributed by atoms with Gasteiger partial charge in [-0.1, -0.05) is 36.4 Å². The van der Waals surface area contributed by atoms with Crippen molar-refractivity contribution in [3.8, 4) is 0 Å². The van der Waals surface area contributed by atoms with Gasteiger partial charge in [0, 0.05) is 11.1 Å². The molecule has 0 unspecified atom stereocenters. The van der Waals surface area contributed by atoms with Crippen LogP contribution in [0.1, 0.15) is 47.9 Å². The summed E-state index contributed by atoms with van der Waals surface area (Å²) < 4.78 is 10.2. The average Bonchev–Trinajstić information content (AvgIpc) is 2.72. The first-order valence-electron chi connectivity index (χ1n) is 8.24. The highest BCUT2D eigenvalue weighted by Crippen LogP contribution is 2.06. The monoisotopic (exact) mass is 366 g/mol. The number of aldehydes is 2. The minimum absolute atomic E-state index is 0.0926. The van der Waals surface area contributed by atoms with Gasteiger partial charge in [-0.25, -0.2) is 9.59 Å². The topological polar surface area (TPSA) is 86.7 Å². The molecule has 6 heteroatoms. The van der Waals surface area contributed by atoms with Crippen molar-refractivity contribution in [1.82, 2.24) is 0 Å². The molecule has 0 aromatic heterocycles. The Balaban J connectivity index is 1.65. The van der Waals surface area contributed by atoms with Crippen molar-refractivity contribution in [2.24, 2.45) is 0 Å². The van der Waals surface area contributed by atoms with Crippen molar-refractivity contribution in [3.63, 3.8) is 0 Å². The molecule has 0 spiro atoms. The van der Waals surface area contributed by atoms with Gasteiger partial charge in [-0.15, -0.1) is 0 Å². The predicted octanol–water partition coefficient (Wildman–Crippen LogP) is 3.27. The molecule has 0 saturated carbocycles. The molecule has 2 aromatic rings. The Kier molecular flexibility index (Phi) is 7.66. The Morgan fingerprint density at radius 3 is 1.67 bits per heavy atom. The van der Waals surface area contributed by atoms with E-state index in [9.17, 15) is 19.2 Å². The fraction of sp³-hybridized carbons (Fsp3) is 0.143. The third-order valence-corrected chi connectivity index (χ3v) is 3.56.